The van der Waals surface area contributed by atoms with Gasteiger partial charge in [-0.2, -0.15) is 0 Å². The second kappa shape index (κ2) is 6.05. The van der Waals surface area contributed by atoms with Crippen molar-refractivity contribution in [3.63, 3.8) is 0 Å². The largest absolute Gasteiger partial charge is 0.314 e. The van der Waals surface area contributed by atoms with Crippen LogP contribution in [0.2, 0.25) is 0 Å². The Morgan fingerprint density at radius 3 is 2.88 bits per heavy atom. The molecule has 1 aromatic rings. The molecule has 0 aromatic heterocycles. The fraction of sp³-hybridized carbons (Fsp3) is 0.500. The van der Waals surface area contributed by atoms with Crippen LogP contribution in [0.3, 0.4) is 0 Å². The Morgan fingerprint density at radius 1 is 1.44 bits per heavy atom. The number of thioether (sulfide) groups is 1. The van der Waals surface area contributed by atoms with Gasteiger partial charge in [0.15, 0.2) is 0 Å². The molecule has 0 spiro atoms. The molecule has 1 atom stereocenters. The van der Waals surface area contributed by atoms with Gasteiger partial charge in [-0.25, -0.2) is 0 Å². The van der Waals surface area contributed by atoms with E-state index in [2.05, 4.69) is 57.5 Å². The quantitative estimate of drug-likeness (QED) is 0.863. The van der Waals surface area contributed by atoms with Crippen molar-refractivity contribution in [3.05, 3.63) is 28.7 Å². The first-order valence-electron chi connectivity index (χ1n) is 5.55. The summed E-state index contributed by atoms with van der Waals surface area (Å²) in [5.74, 6) is 1.16. The maximum atomic E-state index is 3.46. The number of benzene rings is 1. The van der Waals surface area contributed by atoms with Crippen LogP contribution in [0.4, 0.5) is 0 Å². The minimum absolute atomic E-state index is 0.655. The Kier molecular flexibility index (Phi) is 4.70. The van der Waals surface area contributed by atoms with E-state index in [-0.39, 0.29) is 0 Å². The molecule has 2 nitrogen and oxygen atoms in total. The summed E-state index contributed by atoms with van der Waals surface area (Å²) in [5, 5.41) is 3.45. The van der Waals surface area contributed by atoms with E-state index in [9.17, 15) is 0 Å². The van der Waals surface area contributed by atoms with Gasteiger partial charge in [-0.15, -0.1) is 11.8 Å². The maximum Gasteiger partial charge on any atom is 0.0312 e. The zero-order chi connectivity index (χ0) is 11.4. The lowest BCUT2D eigenvalue weighted by Gasteiger charge is -2.32. The van der Waals surface area contributed by atoms with Crippen LogP contribution < -0.4 is 5.32 Å². The van der Waals surface area contributed by atoms with Gasteiger partial charge in [0.1, 0.15) is 0 Å². The Hall–Kier alpha value is -0.0300. The Morgan fingerprint density at radius 2 is 2.19 bits per heavy atom. The highest BCUT2D eigenvalue weighted by Gasteiger charge is 2.18. The summed E-state index contributed by atoms with van der Waals surface area (Å²) in [4.78, 5) is 3.80. The van der Waals surface area contributed by atoms with E-state index in [4.69, 9.17) is 0 Å². The molecule has 1 unspecified atom stereocenters. The third kappa shape index (κ3) is 3.48. The number of likely N-dealkylation sites (N-methyl/N-ethyl adjacent to an activating group) is 1. The monoisotopic (exact) mass is 300 g/mol. The lowest BCUT2D eigenvalue weighted by Crippen LogP contribution is -2.50. The smallest absolute Gasteiger partial charge is 0.0312 e. The molecule has 0 radical (unpaired) electrons. The fourth-order valence-electron chi connectivity index (χ4n) is 1.77. The maximum absolute atomic E-state index is 3.46. The first-order valence-corrected chi connectivity index (χ1v) is 7.33. The summed E-state index contributed by atoms with van der Waals surface area (Å²) >= 11 is 5.39. The van der Waals surface area contributed by atoms with Crippen LogP contribution in [0.25, 0.3) is 0 Å². The van der Waals surface area contributed by atoms with Crippen LogP contribution in [0.15, 0.2) is 33.6 Å². The number of hydrogen-bond acceptors (Lipinski definition) is 3. The zero-order valence-corrected chi connectivity index (χ0v) is 11.9. The van der Waals surface area contributed by atoms with Crippen molar-refractivity contribution in [3.8, 4) is 0 Å². The number of nitrogens with one attached hydrogen (secondary N) is 1. The lowest BCUT2D eigenvalue weighted by atomic mass is 10.2. The van der Waals surface area contributed by atoms with Gasteiger partial charge in [0.25, 0.3) is 0 Å². The summed E-state index contributed by atoms with van der Waals surface area (Å²) < 4.78 is 1.15. The van der Waals surface area contributed by atoms with E-state index in [1.165, 1.54) is 4.90 Å². The molecule has 1 heterocycles. The molecule has 0 bridgehead atoms. The van der Waals surface area contributed by atoms with Gasteiger partial charge in [0.2, 0.25) is 0 Å². The molecule has 0 amide bonds. The van der Waals surface area contributed by atoms with Crippen molar-refractivity contribution in [2.75, 3.05) is 32.4 Å². The average molecular weight is 301 g/mol. The molecule has 2 rings (SSSR count). The highest BCUT2D eigenvalue weighted by Crippen LogP contribution is 2.22. The summed E-state index contributed by atoms with van der Waals surface area (Å²) in [6, 6.07) is 9.20. The number of nitrogens with zero attached hydrogens (tertiary/aromatic N) is 1. The summed E-state index contributed by atoms with van der Waals surface area (Å²) in [6.07, 6.45) is 0. The lowest BCUT2D eigenvalue weighted by molar-refractivity contribution is 0.218. The topological polar surface area (TPSA) is 15.3 Å². The molecule has 4 heteroatoms. The van der Waals surface area contributed by atoms with Crippen LogP contribution >= 0.6 is 27.7 Å². The molecule has 88 valence electrons. The highest BCUT2D eigenvalue weighted by molar-refractivity contribution is 9.10. The minimum atomic E-state index is 0.655. The van der Waals surface area contributed by atoms with Crippen LogP contribution in [0.1, 0.15) is 0 Å². The van der Waals surface area contributed by atoms with E-state index < -0.39 is 0 Å². The van der Waals surface area contributed by atoms with Gasteiger partial charge in [-0.3, -0.25) is 0 Å². The van der Waals surface area contributed by atoms with Gasteiger partial charge in [0.05, 0.1) is 0 Å². The van der Waals surface area contributed by atoms with E-state index in [1.807, 2.05) is 11.8 Å². The van der Waals surface area contributed by atoms with Gasteiger partial charge >= 0.3 is 0 Å². The molecule has 16 heavy (non-hydrogen) atoms. The van der Waals surface area contributed by atoms with Crippen molar-refractivity contribution in [2.24, 2.45) is 0 Å². The van der Waals surface area contributed by atoms with Gasteiger partial charge in [0, 0.05) is 40.8 Å². The normalized spacial score (nSPS) is 22.2. The predicted octanol–water partition coefficient (Wildman–Crippen LogP) is 2.44. The fourth-order valence-corrected chi connectivity index (χ4v) is 3.12. The van der Waals surface area contributed by atoms with E-state index in [0.717, 1.165) is 29.9 Å². The SMILES string of the molecule is CN1CCNCC1CSc1ccc(Br)cc1. The number of hydrogen-bond donors (Lipinski definition) is 1. The standard InChI is InChI=1S/C12H17BrN2S/c1-15-7-6-14-8-11(15)9-16-12-4-2-10(13)3-5-12/h2-5,11,14H,6-9H2,1H3. The third-order valence-electron chi connectivity index (χ3n) is 2.90. The first kappa shape index (κ1) is 12.4. The van der Waals surface area contributed by atoms with Crippen LogP contribution in [0.5, 0.6) is 0 Å². The van der Waals surface area contributed by atoms with Crippen molar-refractivity contribution < 1.29 is 0 Å². The molecule has 1 N–H and O–H groups in total. The minimum Gasteiger partial charge on any atom is -0.314 e. The van der Waals surface area contributed by atoms with E-state index in [0.29, 0.717) is 6.04 Å². The van der Waals surface area contributed by atoms with Crippen LogP contribution in [-0.4, -0.2) is 43.4 Å². The molecule has 1 saturated heterocycles. The molecule has 1 aliphatic rings. The molecular formula is C12H17BrN2S. The van der Waals surface area contributed by atoms with Crippen molar-refractivity contribution in [2.45, 2.75) is 10.9 Å². The molecule has 0 aliphatic carbocycles. The third-order valence-corrected chi connectivity index (χ3v) is 4.59. The van der Waals surface area contributed by atoms with Crippen molar-refractivity contribution >= 4 is 27.7 Å². The van der Waals surface area contributed by atoms with E-state index in [1.54, 1.807) is 0 Å². The molecule has 1 aromatic carbocycles. The first-order chi connectivity index (χ1) is 7.75. The summed E-state index contributed by atoms with van der Waals surface area (Å²) in [5.41, 5.74) is 0. The molecular weight excluding hydrogens is 284 g/mol. The molecule has 1 fully saturated rings. The number of halogens is 1. The predicted molar refractivity (Wildman–Crippen MR) is 74.2 cm³/mol. The van der Waals surface area contributed by atoms with Gasteiger partial charge in [-0.05, 0) is 31.3 Å². The Balaban J connectivity index is 1.84. The summed E-state index contributed by atoms with van der Waals surface area (Å²) in [7, 11) is 2.22. The second-order valence-electron chi connectivity index (χ2n) is 4.10. The van der Waals surface area contributed by atoms with Gasteiger partial charge in [-0.1, -0.05) is 15.9 Å². The average Bonchev–Trinajstić information content (AvgIpc) is 2.30. The highest BCUT2D eigenvalue weighted by atomic mass is 79.9. The van der Waals surface area contributed by atoms with E-state index >= 15 is 0 Å². The van der Waals surface area contributed by atoms with Gasteiger partial charge < -0.3 is 10.2 Å². The Labute approximate surface area is 110 Å². The number of rotatable bonds is 3. The van der Waals surface area contributed by atoms with Crippen LogP contribution in [0, 0.1) is 0 Å². The molecule has 1 aliphatic heterocycles. The number of piperazine rings is 1. The summed E-state index contributed by atoms with van der Waals surface area (Å²) in [6.45, 7) is 3.39. The van der Waals surface area contributed by atoms with Crippen molar-refractivity contribution in [1.82, 2.24) is 10.2 Å². The van der Waals surface area contributed by atoms with Crippen molar-refractivity contribution in [1.29, 1.82) is 0 Å². The van der Waals surface area contributed by atoms with Crippen LogP contribution in [-0.2, 0) is 0 Å². The second-order valence-corrected chi connectivity index (χ2v) is 6.11. The molecule has 0 saturated carbocycles. The Bertz CT molecular complexity index is 328. The zero-order valence-electron chi connectivity index (χ0n) is 9.45.